The predicted octanol–water partition coefficient (Wildman–Crippen LogP) is 0.452. The first-order valence-corrected chi connectivity index (χ1v) is 9.08. The number of carbonyl (C=O) groups excluding carboxylic acids is 3. The summed E-state index contributed by atoms with van der Waals surface area (Å²) in [6.07, 6.45) is 1.90. The van der Waals surface area contributed by atoms with Gasteiger partial charge in [0.2, 0.25) is 17.7 Å². The average molecular weight is 371 g/mol. The maximum atomic E-state index is 12.7. The number of aromatic amines is 1. The zero-order valence-corrected chi connectivity index (χ0v) is 15.3. The highest BCUT2D eigenvalue weighted by molar-refractivity contribution is 6.04. The normalized spacial score (nSPS) is 20.3. The number of hydrogen-bond donors (Lipinski definition) is 1. The van der Waals surface area contributed by atoms with E-state index in [1.54, 1.807) is 24.8 Å². The van der Waals surface area contributed by atoms with Crippen molar-refractivity contribution in [3.05, 3.63) is 33.4 Å². The van der Waals surface area contributed by atoms with Crippen molar-refractivity contribution in [3.8, 4) is 0 Å². The van der Waals surface area contributed by atoms with Crippen molar-refractivity contribution in [1.82, 2.24) is 24.4 Å². The van der Waals surface area contributed by atoms with Crippen LogP contribution in [0.4, 0.5) is 0 Å². The number of hydrogen-bond acceptors (Lipinski definition) is 5. The summed E-state index contributed by atoms with van der Waals surface area (Å²) >= 11 is 0. The molecule has 1 unspecified atom stereocenters. The van der Waals surface area contributed by atoms with Gasteiger partial charge in [-0.25, -0.2) is 9.50 Å². The third kappa shape index (κ3) is 2.83. The smallest absolute Gasteiger partial charge is 0.275 e. The first-order chi connectivity index (χ1) is 12.9. The van der Waals surface area contributed by atoms with Gasteiger partial charge in [-0.2, -0.15) is 0 Å². The van der Waals surface area contributed by atoms with E-state index in [-0.39, 0.29) is 48.7 Å². The lowest BCUT2D eigenvalue weighted by atomic mass is 10.1. The van der Waals surface area contributed by atoms with Crippen molar-refractivity contribution in [2.24, 2.45) is 0 Å². The molecule has 1 N–H and O–H groups in total. The van der Waals surface area contributed by atoms with Crippen LogP contribution in [-0.4, -0.2) is 55.2 Å². The number of likely N-dealkylation sites (tertiary alicyclic amines) is 2. The Morgan fingerprint density at radius 2 is 1.93 bits per heavy atom. The van der Waals surface area contributed by atoms with E-state index in [0.29, 0.717) is 23.4 Å². The Hall–Kier alpha value is -2.97. The summed E-state index contributed by atoms with van der Waals surface area (Å²) in [4.78, 5) is 55.9. The first kappa shape index (κ1) is 17.4. The molecule has 2 fully saturated rings. The average Bonchev–Trinajstić information content (AvgIpc) is 3.34. The van der Waals surface area contributed by atoms with Crippen molar-refractivity contribution in [2.45, 2.75) is 45.6 Å². The fourth-order valence-corrected chi connectivity index (χ4v) is 3.82. The van der Waals surface area contributed by atoms with Crippen LogP contribution in [0.15, 0.2) is 10.9 Å². The van der Waals surface area contributed by atoms with E-state index in [2.05, 4.69) is 10.1 Å². The molecule has 142 valence electrons. The van der Waals surface area contributed by atoms with E-state index >= 15 is 0 Å². The number of nitrogens with one attached hydrogen (secondary N) is 1. The number of aryl methyl sites for hydroxylation is 1. The molecule has 4 rings (SSSR count). The summed E-state index contributed by atoms with van der Waals surface area (Å²) in [6.45, 7) is 3.85. The molecule has 9 heteroatoms. The number of carbonyl (C=O) groups is 3. The maximum absolute atomic E-state index is 12.7. The van der Waals surface area contributed by atoms with E-state index < -0.39 is 0 Å². The van der Waals surface area contributed by atoms with E-state index in [1.807, 2.05) is 0 Å². The van der Waals surface area contributed by atoms with Gasteiger partial charge in [0.25, 0.3) is 5.56 Å². The Labute approximate surface area is 154 Å². The van der Waals surface area contributed by atoms with Gasteiger partial charge in [-0.15, -0.1) is 0 Å². The monoisotopic (exact) mass is 371 g/mol. The van der Waals surface area contributed by atoms with E-state index in [9.17, 15) is 19.2 Å². The van der Waals surface area contributed by atoms with Crippen LogP contribution in [0.3, 0.4) is 0 Å². The van der Waals surface area contributed by atoms with Crippen LogP contribution in [-0.2, 0) is 14.4 Å². The molecule has 4 heterocycles. The molecule has 0 bridgehead atoms. The summed E-state index contributed by atoms with van der Waals surface area (Å²) in [5, 5.41) is 3.07. The highest BCUT2D eigenvalue weighted by atomic mass is 16.2. The van der Waals surface area contributed by atoms with Crippen molar-refractivity contribution in [1.29, 1.82) is 0 Å². The molecule has 2 saturated heterocycles. The number of aromatic nitrogens is 3. The molecule has 27 heavy (non-hydrogen) atoms. The second kappa shape index (κ2) is 6.33. The van der Waals surface area contributed by atoms with Gasteiger partial charge >= 0.3 is 0 Å². The number of nitrogens with zero attached hydrogens (tertiary/aromatic N) is 4. The van der Waals surface area contributed by atoms with Crippen LogP contribution >= 0.6 is 0 Å². The van der Waals surface area contributed by atoms with Crippen molar-refractivity contribution in [3.63, 3.8) is 0 Å². The van der Waals surface area contributed by atoms with Gasteiger partial charge in [-0.3, -0.25) is 29.2 Å². The molecule has 2 aromatic heterocycles. The number of H-pyrrole nitrogens is 1. The Balaban J connectivity index is 1.61. The van der Waals surface area contributed by atoms with Crippen LogP contribution in [0, 0.1) is 13.8 Å². The van der Waals surface area contributed by atoms with Crippen molar-refractivity contribution in [2.75, 3.05) is 13.1 Å². The van der Waals surface area contributed by atoms with E-state index in [0.717, 1.165) is 23.4 Å². The summed E-state index contributed by atoms with van der Waals surface area (Å²) in [5.41, 5.74) is 2.34. The lowest BCUT2D eigenvalue weighted by molar-refractivity contribution is -0.145. The van der Waals surface area contributed by atoms with Gasteiger partial charge in [0.15, 0.2) is 5.65 Å². The third-order valence-corrected chi connectivity index (χ3v) is 5.48. The first-order valence-electron chi connectivity index (χ1n) is 9.08. The Morgan fingerprint density at radius 1 is 1.22 bits per heavy atom. The SMILES string of the molecule is Cc1nc2cc(C3CCCN3C(=O)CN3C(=O)CCC3=O)[nH]n2c(=O)c1C. The minimum absolute atomic E-state index is 0.159. The molecule has 0 radical (unpaired) electrons. The van der Waals surface area contributed by atoms with E-state index in [1.165, 1.54) is 4.52 Å². The fraction of sp³-hybridized carbons (Fsp3) is 0.500. The highest BCUT2D eigenvalue weighted by Crippen LogP contribution is 2.31. The van der Waals surface area contributed by atoms with Crippen LogP contribution < -0.4 is 5.56 Å². The van der Waals surface area contributed by atoms with Gasteiger partial charge in [-0.1, -0.05) is 0 Å². The van der Waals surface area contributed by atoms with Gasteiger partial charge < -0.3 is 4.90 Å². The van der Waals surface area contributed by atoms with Crippen LogP contribution in [0.1, 0.15) is 48.7 Å². The molecule has 0 spiro atoms. The lowest BCUT2D eigenvalue weighted by Gasteiger charge is -2.25. The van der Waals surface area contributed by atoms with Gasteiger partial charge in [0, 0.05) is 36.7 Å². The minimum Gasteiger partial charge on any atom is -0.333 e. The van der Waals surface area contributed by atoms with Crippen LogP contribution in [0.5, 0.6) is 0 Å². The predicted molar refractivity (Wildman–Crippen MR) is 94.9 cm³/mol. The number of amides is 3. The molecule has 0 saturated carbocycles. The quantitative estimate of drug-likeness (QED) is 0.788. The summed E-state index contributed by atoms with van der Waals surface area (Å²) < 4.78 is 1.40. The minimum atomic E-state index is -0.295. The van der Waals surface area contributed by atoms with Gasteiger partial charge in [0.05, 0.1) is 11.7 Å². The Bertz CT molecular complexity index is 1000. The standard InChI is InChI=1S/C18H21N5O4/c1-10-11(2)19-14-8-12(20-23(14)18(10)27)13-4-3-7-21(13)17(26)9-22-15(24)5-6-16(22)25/h8,13,20H,3-7,9H2,1-2H3. The van der Waals surface area contributed by atoms with Gasteiger partial charge in [-0.05, 0) is 26.7 Å². The number of imide groups is 1. The number of fused-ring (bicyclic) bond motifs is 1. The molecule has 0 aromatic carbocycles. The zero-order chi connectivity index (χ0) is 19.3. The molecule has 9 nitrogen and oxygen atoms in total. The molecule has 2 aliphatic rings. The van der Waals surface area contributed by atoms with Gasteiger partial charge in [0.1, 0.15) is 6.54 Å². The molecular formula is C18H21N5O4. The molecule has 1 atom stereocenters. The fourth-order valence-electron chi connectivity index (χ4n) is 3.82. The highest BCUT2D eigenvalue weighted by Gasteiger charge is 2.36. The topological polar surface area (TPSA) is 108 Å². The summed E-state index contributed by atoms with van der Waals surface area (Å²) in [7, 11) is 0. The Kier molecular flexibility index (Phi) is 4.09. The molecule has 3 amide bonds. The zero-order valence-electron chi connectivity index (χ0n) is 15.3. The molecule has 2 aromatic rings. The lowest BCUT2D eigenvalue weighted by Crippen LogP contribution is -2.42. The molecular weight excluding hydrogens is 350 g/mol. The number of rotatable bonds is 3. The molecule has 0 aliphatic carbocycles. The second-order valence-corrected chi connectivity index (χ2v) is 7.15. The summed E-state index contributed by atoms with van der Waals surface area (Å²) in [5.74, 6) is -0.847. The van der Waals surface area contributed by atoms with Crippen molar-refractivity contribution >= 4 is 23.4 Å². The largest absolute Gasteiger partial charge is 0.333 e. The van der Waals surface area contributed by atoms with Crippen LogP contribution in [0.25, 0.3) is 5.65 Å². The van der Waals surface area contributed by atoms with Crippen LogP contribution in [0.2, 0.25) is 0 Å². The Morgan fingerprint density at radius 3 is 2.63 bits per heavy atom. The summed E-state index contributed by atoms with van der Waals surface area (Å²) in [6, 6.07) is 1.56. The second-order valence-electron chi connectivity index (χ2n) is 7.15. The van der Waals surface area contributed by atoms with Crippen molar-refractivity contribution < 1.29 is 14.4 Å². The third-order valence-electron chi connectivity index (χ3n) is 5.48. The van der Waals surface area contributed by atoms with E-state index in [4.69, 9.17) is 0 Å². The maximum Gasteiger partial charge on any atom is 0.275 e. The molecule has 2 aliphatic heterocycles.